The van der Waals surface area contributed by atoms with Crippen molar-refractivity contribution < 1.29 is 13.9 Å². The maximum atomic E-state index is 13.7. The van der Waals surface area contributed by atoms with Crippen molar-refractivity contribution in [1.82, 2.24) is 0 Å². The fraction of sp³-hybridized carbons (Fsp3) is 0.278. The monoisotopic (exact) mass is 333 g/mol. The number of carbonyl (C=O) groups is 1. The van der Waals surface area contributed by atoms with Crippen molar-refractivity contribution in [2.24, 2.45) is 11.1 Å². The summed E-state index contributed by atoms with van der Waals surface area (Å²) in [4.78, 5) is 11.2. The molecule has 0 heterocycles. The van der Waals surface area contributed by atoms with Gasteiger partial charge in [-0.15, -0.1) is 0 Å². The van der Waals surface area contributed by atoms with Gasteiger partial charge in [0, 0.05) is 5.41 Å². The molecule has 2 aromatic rings. The summed E-state index contributed by atoms with van der Waals surface area (Å²) in [7, 11) is 0. The van der Waals surface area contributed by atoms with E-state index in [0.717, 1.165) is 28.7 Å². The van der Waals surface area contributed by atoms with Crippen LogP contribution in [-0.4, -0.2) is 6.09 Å². The largest absolute Gasteiger partial charge is 0.441 e. The van der Waals surface area contributed by atoms with E-state index in [2.05, 4.69) is 0 Å². The molecule has 2 aromatic carbocycles. The van der Waals surface area contributed by atoms with Gasteiger partial charge in [0.05, 0.1) is 5.02 Å². The summed E-state index contributed by atoms with van der Waals surface area (Å²) in [5.41, 5.74) is 8.64. The summed E-state index contributed by atoms with van der Waals surface area (Å²) in [6.45, 7) is 4.06. The first-order valence-electron chi connectivity index (χ1n) is 7.32. The van der Waals surface area contributed by atoms with Gasteiger partial charge in [-0.05, 0) is 40.8 Å². The molecule has 0 saturated carbocycles. The summed E-state index contributed by atoms with van der Waals surface area (Å²) in [6.07, 6.45) is -0.393. The molecule has 1 unspecified atom stereocenters. The predicted molar refractivity (Wildman–Crippen MR) is 87.7 cm³/mol. The molecule has 120 valence electrons. The fourth-order valence-corrected chi connectivity index (χ4v) is 3.33. The number of amides is 1. The second-order valence-electron chi connectivity index (χ2n) is 6.52. The van der Waals surface area contributed by atoms with Crippen LogP contribution in [-0.2, 0) is 11.2 Å². The smallest absolute Gasteiger partial charge is 0.405 e. The molecule has 23 heavy (non-hydrogen) atoms. The number of ether oxygens (including phenoxy) is 1. The highest BCUT2D eigenvalue weighted by Gasteiger charge is 2.41. The molecular weight excluding hydrogens is 317 g/mol. The van der Waals surface area contributed by atoms with Crippen molar-refractivity contribution in [3.8, 4) is 11.1 Å². The molecule has 2 N–H and O–H groups in total. The van der Waals surface area contributed by atoms with Crippen LogP contribution in [0.5, 0.6) is 0 Å². The Morgan fingerprint density at radius 1 is 1.26 bits per heavy atom. The van der Waals surface area contributed by atoms with E-state index < -0.39 is 11.9 Å². The van der Waals surface area contributed by atoms with Crippen LogP contribution in [0.25, 0.3) is 11.1 Å². The van der Waals surface area contributed by atoms with Crippen LogP contribution in [0.1, 0.15) is 31.1 Å². The molecule has 0 saturated heterocycles. The highest BCUT2D eigenvalue weighted by molar-refractivity contribution is 6.30. The third-order valence-electron chi connectivity index (χ3n) is 4.27. The maximum absolute atomic E-state index is 13.7. The summed E-state index contributed by atoms with van der Waals surface area (Å²) in [5, 5.41) is 0.103. The number of benzene rings is 2. The molecule has 0 aliphatic heterocycles. The second-order valence-corrected chi connectivity index (χ2v) is 6.93. The molecule has 1 atom stereocenters. The molecule has 0 fully saturated rings. The number of hydrogen-bond acceptors (Lipinski definition) is 2. The van der Waals surface area contributed by atoms with Crippen LogP contribution in [0.15, 0.2) is 36.4 Å². The molecule has 1 aliphatic rings. The van der Waals surface area contributed by atoms with E-state index in [9.17, 15) is 9.18 Å². The van der Waals surface area contributed by atoms with E-state index >= 15 is 0 Å². The zero-order chi connectivity index (χ0) is 16.8. The number of rotatable bonds is 2. The van der Waals surface area contributed by atoms with Crippen molar-refractivity contribution in [1.29, 1.82) is 0 Å². The van der Waals surface area contributed by atoms with Crippen LogP contribution in [0.4, 0.5) is 9.18 Å². The Morgan fingerprint density at radius 3 is 2.57 bits per heavy atom. The summed E-state index contributed by atoms with van der Waals surface area (Å²) >= 11 is 5.73. The van der Waals surface area contributed by atoms with E-state index in [-0.39, 0.29) is 16.5 Å². The number of hydrogen-bond donors (Lipinski definition) is 1. The van der Waals surface area contributed by atoms with Crippen LogP contribution in [0.3, 0.4) is 0 Å². The van der Waals surface area contributed by atoms with Gasteiger partial charge in [-0.3, -0.25) is 0 Å². The van der Waals surface area contributed by atoms with Gasteiger partial charge in [0.15, 0.2) is 0 Å². The van der Waals surface area contributed by atoms with Gasteiger partial charge in [0.1, 0.15) is 11.9 Å². The predicted octanol–water partition coefficient (Wildman–Crippen LogP) is 4.86. The Hall–Kier alpha value is -2.07. The van der Waals surface area contributed by atoms with Crippen molar-refractivity contribution in [3.05, 3.63) is 58.4 Å². The van der Waals surface area contributed by atoms with Crippen LogP contribution in [0.2, 0.25) is 5.02 Å². The molecular formula is C18H17ClFNO2. The Bertz CT molecular complexity index is 789. The zero-order valence-electron chi connectivity index (χ0n) is 12.9. The Labute approximate surface area is 139 Å². The molecule has 3 nitrogen and oxygen atoms in total. The van der Waals surface area contributed by atoms with Gasteiger partial charge < -0.3 is 10.5 Å². The first-order chi connectivity index (χ1) is 10.8. The van der Waals surface area contributed by atoms with Gasteiger partial charge in [0.2, 0.25) is 0 Å². The van der Waals surface area contributed by atoms with Crippen molar-refractivity contribution >= 4 is 17.7 Å². The van der Waals surface area contributed by atoms with Gasteiger partial charge in [0.25, 0.3) is 0 Å². The van der Waals surface area contributed by atoms with Crippen molar-refractivity contribution in [2.75, 3.05) is 0 Å². The second kappa shape index (κ2) is 5.53. The number of halogens is 2. The number of nitrogens with two attached hydrogens (primary N) is 1. The van der Waals surface area contributed by atoms with Gasteiger partial charge in [-0.2, -0.15) is 0 Å². The minimum Gasteiger partial charge on any atom is -0.441 e. The number of fused-ring (bicyclic) bond motifs is 1. The topological polar surface area (TPSA) is 52.3 Å². The van der Waals surface area contributed by atoms with E-state index in [1.807, 2.05) is 32.0 Å². The van der Waals surface area contributed by atoms with Gasteiger partial charge in [-0.25, -0.2) is 9.18 Å². The molecule has 0 radical (unpaired) electrons. The van der Waals surface area contributed by atoms with Crippen molar-refractivity contribution in [2.45, 2.75) is 26.4 Å². The van der Waals surface area contributed by atoms with Gasteiger partial charge in [-0.1, -0.05) is 49.7 Å². The normalized spacial score (nSPS) is 18.5. The summed E-state index contributed by atoms with van der Waals surface area (Å²) < 4.78 is 19.0. The summed E-state index contributed by atoms with van der Waals surface area (Å²) in [6, 6.07) is 10.6. The first-order valence-corrected chi connectivity index (χ1v) is 7.70. The third kappa shape index (κ3) is 2.91. The Kier molecular flexibility index (Phi) is 3.80. The lowest BCUT2D eigenvalue weighted by molar-refractivity contribution is 0.0392. The standard InChI is InChI=1S/C18H17ClFNO2/c1-18(2)9-12-7-10(11-4-6-14(19)15(20)8-11)3-5-13(12)16(18)23-17(21)22/h3-8,16H,9H2,1-2H3,(H2,21,22). The third-order valence-corrected chi connectivity index (χ3v) is 4.57. The number of carbonyl (C=O) groups excluding carboxylic acids is 1. The number of primary amides is 1. The lowest BCUT2D eigenvalue weighted by Crippen LogP contribution is -2.25. The molecule has 1 aliphatic carbocycles. The Balaban J connectivity index is 2.01. The van der Waals surface area contributed by atoms with Crippen molar-refractivity contribution in [3.63, 3.8) is 0 Å². The SMILES string of the molecule is CC1(C)Cc2cc(-c3ccc(Cl)c(F)c3)ccc2C1OC(N)=O. The molecule has 5 heteroatoms. The highest BCUT2D eigenvalue weighted by Crippen LogP contribution is 2.48. The van der Waals surface area contributed by atoms with E-state index in [1.165, 1.54) is 6.07 Å². The minimum atomic E-state index is -0.778. The van der Waals surface area contributed by atoms with E-state index in [1.54, 1.807) is 12.1 Å². The molecule has 3 rings (SSSR count). The Morgan fingerprint density at radius 2 is 1.91 bits per heavy atom. The fourth-order valence-electron chi connectivity index (χ4n) is 3.21. The lowest BCUT2D eigenvalue weighted by atomic mass is 9.87. The highest BCUT2D eigenvalue weighted by atomic mass is 35.5. The molecule has 1 amide bonds. The molecule has 0 bridgehead atoms. The van der Waals surface area contributed by atoms with Gasteiger partial charge >= 0.3 is 6.09 Å². The first kappa shape index (κ1) is 15.8. The van der Waals surface area contributed by atoms with E-state index in [4.69, 9.17) is 22.1 Å². The average Bonchev–Trinajstić information content (AvgIpc) is 2.71. The van der Waals surface area contributed by atoms with Crippen LogP contribution in [0, 0.1) is 11.2 Å². The maximum Gasteiger partial charge on any atom is 0.405 e. The summed E-state index contributed by atoms with van der Waals surface area (Å²) in [5.74, 6) is -0.445. The van der Waals surface area contributed by atoms with Crippen LogP contribution < -0.4 is 5.73 Å². The average molecular weight is 334 g/mol. The lowest BCUT2D eigenvalue weighted by Gasteiger charge is -2.26. The minimum absolute atomic E-state index is 0.103. The molecule has 0 aromatic heterocycles. The zero-order valence-corrected chi connectivity index (χ0v) is 13.7. The molecule has 0 spiro atoms. The van der Waals surface area contributed by atoms with E-state index in [0.29, 0.717) is 0 Å². The quantitative estimate of drug-likeness (QED) is 0.852. The van der Waals surface area contributed by atoms with Crippen LogP contribution >= 0.6 is 11.6 Å².